The summed E-state index contributed by atoms with van der Waals surface area (Å²) in [4.78, 5) is 23.5. The molecule has 0 saturated heterocycles. The zero-order chi connectivity index (χ0) is 19.5. The second-order valence-corrected chi connectivity index (χ2v) is 6.35. The fourth-order valence-corrected chi connectivity index (χ4v) is 2.92. The van der Waals surface area contributed by atoms with Crippen LogP contribution in [0.5, 0.6) is 0 Å². The number of H-pyrrole nitrogens is 1. The summed E-state index contributed by atoms with van der Waals surface area (Å²) in [7, 11) is 0. The van der Waals surface area contributed by atoms with E-state index in [1.807, 2.05) is 12.1 Å². The van der Waals surface area contributed by atoms with Crippen LogP contribution >= 0.6 is 0 Å². The topological polar surface area (TPSA) is 70.7 Å². The van der Waals surface area contributed by atoms with Gasteiger partial charge in [-0.15, -0.1) is 0 Å². The molecule has 0 unspecified atom stereocenters. The standard InChI is InChI=1S/C21H16F2N4O/c22-14-4-6-17(23)16(10-14)21-26-18-7-5-15(11-19(18)27-21)25-20(28)8-3-13-2-1-9-24-12-13/h1-2,4-7,9-12H,3,8H2,(H,25,28)(H,26,27). The van der Waals surface area contributed by atoms with Crippen LogP contribution in [-0.2, 0) is 11.2 Å². The number of pyridine rings is 1. The van der Waals surface area contributed by atoms with Gasteiger partial charge in [0.1, 0.15) is 17.5 Å². The summed E-state index contributed by atoms with van der Waals surface area (Å²) in [6.07, 6.45) is 4.34. The van der Waals surface area contributed by atoms with Gasteiger partial charge in [-0.1, -0.05) is 6.07 Å². The molecule has 140 valence electrons. The van der Waals surface area contributed by atoms with Crippen LogP contribution < -0.4 is 5.32 Å². The summed E-state index contributed by atoms with van der Waals surface area (Å²) in [6, 6.07) is 12.1. The number of aryl methyl sites for hydroxylation is 1. The number of anilines is 1. The molecule has 0 aliphatic heterocycles. The van der Waals surface area contributed by atoms with Gasteiger partial charge in [0.15, 0.2) is 0 Å². The summed E-state index contributed by atoms with van der Waals surface area (Å²) in [6.45, 7) is 0. The van der Waals surface area contributed by atoms with E-state index in [0.29, 0.717) is 29.6 Å². The van der Waals surface area contributed by atoms with Crippen molar-refractivity contribution in [3.8, 4) is 11.4 Å². The lowest BCUT2D eigenvalue weighted by molar-refractivity contribution is -0.116. The molecule has 28 heavy (non-hydrogen) atoms. The maximum atomic E-state index is 14.0. The summed E-state index contributed by atoms with van der Waals surface area (Å²) in [5, 5.41) is 2.83. The maximum Gasteiger partial charge on any atom is 0.224 e. The predicted molar refractivity (Wildman–Crippen MR) is 103 cm³/mol. The molecule has 0 saturated carbocycles. The van der Waals surface area contributed by atoms with Crippen molar-refractivity contribution in [1.29, 1.82) is 0 Å². The van der Waals surface area contributed by atoms with Gasteiger partial charge in [-0.25, -0.2) is 13.8 Å². The lowest BCUT2D eigenvalue weighted by Gasteiger charge is -2.05. The molecule has 0 fully saturated rings. The van der Waals surface area contributed by atoms with Crippen LogP contribution in [-0.4, -0.2) is 20.9 Å². The molecule has 2 N–H and O–H groups in total. The minimum Gasteiger partial charge on any atom is -0.338 e. The molecule has 0 radical (unpaired) electrons. The molecule has 0 aliphatic rings. The van der Waals surface area contributed by atoms with Gasteiger partial charge in [0.05, 0.1) is 16.6 Å². The summed E-state index contributed by atoms with van der Waals surface area (Å²) in [5.41, 5.74) is 2.84. The Hall–Kier alpha value is -3.61. The van der Waals surface area contributed by atoms with Crippen molar-refractivity contribution >= 4 is 22.6 Å². The smallest absolute Gasteiger partial charge is 0.224 e. The molecule has 1 amide bonds. The molecular formula is C21H16F2N4O. The van der Waals surface area contributed by atoms with E-state index < -0.39 is 11.6 Å². The van der Waals surface area contributed by atoms with Crippen LogP contribution in [0.15, 0.2) is 60.9 Å². The molecule has 7 heteroatoms. The van der Waals surface area contributed by atoms with E-state index in [1.54, 1.807) is 30.6 Å². The molecule has 5 nitrogen and oxygen atoms in total. The molecule has 2 aromatic heterocycles. The number of carbonyl (C=O) groups excluding carboxylic acids is 1. The zero-order valence-corrected chi connectivity index (χ0v) is 14.7. The van der Waals surface area contributed by atoms with Gasteiger partial charge in [0.2, 0.25) is 5.91 Å². The Morgan fingerprint density at radius 2 is 2.00 bits per heavy atom. The SMILES string of the molecule is O=C(CCc1cccnc1)Nc1ccc2nc(-c3cc(F)ccc3F)[nH]c2c1. The van der Waals surface area contributed by atoms with E-state index >= 15 is 0 Å². The molecule has 0 bridgehead atoms. The van der Waals surface area contributed by atoms with Crippen molar-refractivity contribution in [2.75, 3.05) is 5.32 Å². The number of halogens is 2. The minimum absolute atomic E-state index is 0.0539. The number of carbonyl (C=O) groups is 1. The lowest BCUT2D eigenvalue weighted by atomic mass is 10.1. The van der Waals surface area contributed by atoms with Gasteiger partial charge >= 0.3 is 0 Å². The van der Waals surface area contributed by atoms with Crippen molar-refractivity contribution < 1.29 is 13.6 Å². The Kier molecular flexibility index (Phi) is 4.80. The summed E-state index contributed by atoms with van der Waals surface area (Å²) < 4.78 is 27.4. The maximum absolute atomic E-state index is 14.0. The van der Waals surface area contributed by atoms with E-state index in [4.69, 9.17) is 0 Å². The Morgan fingerprint density at radius 3 is 2.82 bits per heavy atom. The molecule has 0 spiro atoms. The average Bonchev–Trinajstić information content (AvgIpc) is 3.12. The number of benzene rings is 2. The van der Waals surface area contributed by atoms with Crippen molar-refractivity contribution in [2.45, 2.75) is 12.8 Å². The largest absolute Gasteiger partial charge is 0.338 e. The van der Waals surface area contributed by atoms with E-state index in [1.165, 1.54) is 0 Å². The summed E-state index contributed by atoms with van der Waals surface area (Å²) >= 11 is 0. The Balaban J connectivity index is 1.50. The zero-order valence-electron chi connectivity index (χ0n) is 14.7. The highest BCUT2D eigenvalue weighted by atomic mass is 19.1. The van der Waals surface area contributed by atoms with E-state index in [0.717, 1.165) is 23.8 Å². The highest BCUT2D eigenvalue weighted by molar-refractivity contribution is 5.93. The second-order valence-electron chi connectivity index (χ2n) is 6.35. The first-order valence-electron chi connectivity index (χ1n) is 8.72. The van der Waals surface area contributed by atoms with Gasteiger partial charge in [-0.2, -0.15) is 0 Å². The lowest BCUT2D eigenvalue weighted by Crippen LogP contribution is -2.12. The number of hydrogen-bond donors (Lipinski definition) is 2. The van der Waals surface area contributed by atoms with Gasteiger partial charge in [0, 0.05) is 24.5 Å². The second kappa shape index (κ2) is 7.56. The molecule has 4 rings (SSSR count). The van der Waals surface area contributed by atoms with Crippen LogP contribution in [0.4, 0.5) is 14.5 Å². The van der Waals surface area contributed by atoms with Crippen LogP contribution in [0, 0.1) is 11.6 Å². The van der Waals surface area contributed by atoms with Crippen molar-refractivity contribution in [3.05, 3.63) is 78.1 Å². The van der Waals surface area contributed by atoms with Crippen LogP contribution in [0.25, 0.3) is 22.4 Å². The first-order valence-corrected chi connectivity index (χ1v) is 8.72. The number of hydrogen-bond acceptors (Lipinski definition) is 3. The summed E-state index contributed by atoms with van der Waals surface area (Å²) in [5.74, 6) is -1.01. The van der Waals surface area contributed by atoms with E-state index in [2.05, 4.69) is 20.3 Å². The molecule has 0 aliphatic carbocycles. The third kappa shape index (κ3) is 3.88. The number of aromatic amines is 1. The number of nitrogens with zero attached hydrogens (tertiary/aromatic N) is 2. The average molecular weight is 378 g/mol. The van der Waals surface area contributed by atoms with Crippen LogP contribution in [0.3, 0.4) is 0 Å². The van der Waals surface area contributed by atoms with E-state index in [-0.39, 0.29) is 17.3 Å². The molecule has 4 aromatic rings. The monoisotopic (exact) mass is 378 g/mol. The number of imidazole rings is 1. The highest BCUT2D eigenvalue weighted by Crippen LogP contribution is 2.25. The van der Waals surface area contributed by atoms with Gasteiger partial charge in [-0.05, 0) is 54.4 Å². The number of fused-ring (bicyclic) bond motifs is 1. The Morgan fingerprint density at radius 1 is 1.11 bits per heavy atom. The molecule has 2 heterocycles. The minimum atomic E-state index is -0.565. The highest BCUT2D eigenvalue weighted by Gasteiger charge is 2.12. The van der Waals surface area contributed by atoms with Crippen LogP contribution in [0.2, 0.25) is 0 Å². The van der Waals surface area contributed by atoms with E-state index in [9.17, 15) is 13.6 Å². The normalized spacial score (nSPS) is 10.9. The number of nitrogens with one attached hydrogen (secondary N) is 2. The quantitative estimate of drug-likeness (QED) is 0.538. The number of aromatic nitrogens is 3. The first kappa shape index (κ1) is 17.8. The van der Waals surface area contributed by atoms with Gasteiger partial charge < -0.3 is 10.3 Å². The predicted octanol–water partition coefficient (Wildman–Crippen LogP) is 4.47. The van der Waals surface area contributed by atoms with Crippen molar-refractivity contribution in [3.63, 3.8) is 0 Å². The third-order valence-electron chi connectivity index (χ3n) is 4.31. The fraction of sp³-hybridized carbons (Fsp3) is 0.0952. The third-order valence-corrected chi connectivity index (χ3v) is 4.31. The molecule has 0 atom stereocenters. The van der Waals surface area contributed by atoms with Crippen molar-refractivity contribution in [1.82, 2.24) is 15.0 Å². The van der Waals surface area contributed by atoms with Gasteiger partial charge in [-0.3, -0.25) is 9.78 Å². The number of amides is 1. The molecule has 2 aromatic carbocycles. The fourth-order valence-electron chi connectivity index (χ4n) is 2.92. The Labute approximate surface area is 159 Å². The van der Waals surface area contributed by atoms with Crippen LogP contribution in [0.1, 0.15) is 12.0 Å². The molecular weight excluding hydrogens is 362 g/mol. The Bertz CT molecular complexity index is 1140. The van der Waals surface area contributed by atoms with Crippen molar-refractivity contribution in [2.24, 2.45) is 0 Å². The van der Waals surface area contributed by atoms with Gasteiger partial charge in [0.25, 0.3) is 0 Å². The number of rotatable bonds is 5. The first-order chi connectivity index (χ1) is 13.6.